The smallest absolute Gasteiger partial charge is 0.389 e. The van der Waals surface area contributed by atoms with Crippen molar-refractivity contribution in [2.24, 2.45) is 0 Å². The van der Waals surface area contributed by atoms with Gasteiger partial charge in [-0.15, -0.1) is 0 Å². The highest BCUT2D eigenvalue weighted by Gasteiger charge is 2.27. The van der Waals surface area contributed by atoms with Crippen LogP contribution in [0.15, 0.2) is 41.0 Å². The first-order valence-electron chi connectivity index (χ1n) is 7.32. The quantitative estimate of drug-likeness (QED) is 0.734. The van der Waals surface area contributed by atoms with Crippen LogP contribution >= 0.6 is 0 Å². The normalized spacial score (nSPS) is 11.0. The molecule has 0 spiro atoms. The summed E-state index contributed by atoms with van der Waals surface area (Å²) < 4.78 is 42.0. The SMILES string of the molecule is Cc1occc1C(=O)NNC(=O)Nc1ccccc1CCC(F)(F)F. The van der Waals surface area contributed by atoms with Crippen molar-refractivity contribution in [2.45, 2.75) is 25.9 Å². The lowest BCUT2D eigenvalue weighted by atomic mass is 10.1. The second kappa shape index (κ2) is 7.73. The van der Waals surface area contributed by atoms with E-state index >= 15 is 0 Å². The number of para-hydroxylation sites is 1. The van der Waals surface area contributed by atoms with Gasteiger partial charge in [0.25, 0.3) is 5.91 Å². The number of benzene rings is 1. The van der Waals surface area contributed by atoms with Gasteiger partial charge in [-0.05, 0) is 31.0 Å². The predicted molar refractivity (Wildman–Crippen MR) is 83.9 cm³/mol. The topological polar surface area (TPSA) is 83.4 Å². The van der Waals surface area contributed by atoms with Crippen LogP contribution in [0.1, 0.15) is 28.1 Å². The number of hydrogen-bond donors (Lipinski definition) is 3. The Labute approximate surface area is 141 Å². The summed E-state index contributed by atoms with van der Waals surface area (Å²) in [5.41, 5.74) is 5.14. The maximum Gasteiger partial charge on any atom is 0.389 e. The molecular weight excluding hydrogens is 339 g/mol. The number of aryl methyl sites for hydroxylation is 2. The van der Waals surface area contributed by atoms with Crippen molar-refractivity contribution < 1.29 is 27.2 Å². The largest absolute Gasteiger partial charge is 0.469 e. The molecule has 0 bridgehead atoms. The fourth-order valence-corrected chi connectivity index (χ4v) is 2.09. The summed E-state index contributed by atoms with van der Waals surface area (Å²) in [5.74, 6) is -0.191. The molecule has 1 aromatic heterocycles. The van der Waals surface area contributed by atoms with E-state index in [4.69, 9.17) is 4.42 Å². The lowest BCUT2D eigenvalue weighted by Gasteiger charge is -2.13. The number of halogens is 3. The molecule has 2 rings (SSSR count). The molecule has 0 fully saturated rings. The number of urea groups is 1. The number of furan rings is 1. The minimum Gasteiger partial charge on any atom is -0.469 e. The molecular formula is C16H16F3N3O3. The second-order valence-corrected chi connectivity index (χ2v) is 5.20. The number of anilines is 1. The number of amides is 3. The minimum atomic E-state index is -4.29. The van der Waals surface area contributed by atoms with E-state index in [0.717, 1.165) is 0 Å². The van der Waals surface area contributed by atoms with Gasteiger partial charge in [-0.2, -0.15) is 13.2 Å². The Morgan fingerprint density at radius 2 is 1.84 bits per heavy atom. The van der Waals surface area contributed by atoms with E-state index in [1.54, 1.807) is 19.1 Å². The lowest BCUT2D eigenvalue weighted by Crippen LogP contribution is -2.44. The zero-order chi connectivity index (χ0) is 18.4. The molecule has 1 heterocycles. The number of hydrogen-bond acceptors (Lipinski definition) is 3. The van der Waals surface area contributed by atoms with Gasteiger partial charge in [-0.3, -0.25) is 10.2 Å². The zero-order valence-corrected chi connectivity index (χ0v) is 13.2. The van der Waals surface area contributed by atoms with Crippen LogP contribution in [0, 0.1) is 6.92 Å². The maximum absolute atomic E-state index is 12.4. The van der Waals surface area contributed by atoms with Crippen molar-refractivity contribution in [1.29, 1.82) is 0 Å². The van der Waals surface area contributed by atoms with Crippen molar-refractivity contribution in [2.75, 3.05) is 5.32 Å². The lowest BCUT2D eigenvalue weighted by molar-refractivity contribution is -0.133. The summed E-state index contributed by atoms with van der Waals surface area (Å²) in [6, 6.07) is 6.80. The van der Waals surface area contributed by atoms with Gasteiger partial charge in [0.05, 0.1) is 11.8 Å². The summed E-state index contributed by atoms with van der Waals surface area (Å²) in [5, 5.41) is 2.41. The number of carbonyl (C=O) groups is 2. The van der Waals surface area contributed by atoms with Crippen molar-refractivity contribution in [1.82, 2.24) is 10.9 Å². The van der Waals surface area contributed by atoms with E-state index < -0.39 is 24.5 Å². The van der Waals surface area contributed by atoms with Crippen LogP contribution < -0.4 is 16.2 Å². The molecule has 0 radical (unpaired) electrons. The standard InChI is InChI=1S/C16H16F3N3O3/c1-10-12(7-9-25-10)14(23)21-22-15(24)20-13-5-3-2-4-11(13)6-8-16(17,18)19/h2-5,7,9H,6,8H2,1H3,(H,21,23)(H2,20,22,24). The van der Waals surface area contributed by atoms with Crippen LogP contribution in [-0.2, 0) is 6.42 Å². The molecule has 3 N–H and O–H groups in total. The number of hydrazine groups is 1. The summed E-state index contributed by atoms with van der Waals surface area (Å²) in [4.78, 5) is 23.7. The number of nitrogens with one attached hydrogen (secondary N) is 3. The number of alkyl halides is 3. The van der Waals surface area contributed by atoms with Crippen LogP contribution in [0.25, 0.3) is 0 Å². The molecule has 0 saturated heterocycles. The van der Waals surface area contributed by atoms with E-state index in [1.807, 2.05) is 0 Å². The molecule has 134 valence electrons. The maximum atomic E-state index is 12.4. The summed E-state index contributed by atoms with van der Waals surface area (Å²) in [6.45, 7) is 1.59. The summed E-state index contributed by atoms with van der Waals surface area (Å²) >= 11 is 0. The van der Waals surface area contributed by atoms with Gasteiger partial charge < -0.3 is 9.73 Å². The predicted octanol–water partition coefficient (Wildman–Crippen LogP) is 3.55. The second-order valence-electron chi connectivity index (χ2n) is 5.20. The zero-order valence-electron chi connectivity index (χ0n) is 13.2. The van der Waals surface area contributed by atoms with Crippen molar-refractivity contribution in [3.63, 3.8) is 0 Å². The van der Waals surface area contributed by atoms with E-state index in [2.05, 4.69) is 16.2 Å². The molecule has 0 atom stereocenters. The molecule has 9 heteroatoms. The van der Waals surface area contributed by atoms with Crippen LogP contribution in [0.4, 0.5) is 23.7 Å². The highest BCUT2D eigenvalue weighted by Crippen LogP contribution is 2.25. The highest BCUT2D eigenvalue weighted by atomic mass is 19.4. The Hall–Kier alpha value is -2.97. The molecule has 1 aromatic carbocycles. The van der Waals surface area contributed by atoms with Gasteiger partial charge in [0, 0.05) is 12.1 Å². The minimum absolute atomic E-state index is 0.234. The van der Waals surface area contributed by atoms with Crippen LogP contribution in [-0.4, -0.2) is 18.1 Å². The fraction of sp³-hybridized carbons (Fsp3) is 0.250. The Bertz CT molecular complexity index is 756. The first-order chi connectivity index (χ1) is 11.8. The van der Waals surface area contributed by atoms with Gasteiger partial charge >= 0.3 is 12.2 Å². The molecule has 0 aliphatic carbocycles. The Morgan fingerprint density at radius 3 is 2.48 bits per heavy atom. The molecule has 0 unspecified atom stereocenters. The molecule has 0 saturated carbocycles. The van der Waals surface area contributed by atoms with Gasteiger partial charge in [0.2, 0.25) is 0 Å². The molecule has 0 aliphatic rings. The average molecular weight is 355 g/mol. The van der Waals surface area contributed by atoms with Crippen LogP contribution in [0.3, 0.4) is 0 Å². The molecule has 6 nitrogen and oxygen atoms in total. The monoisotopic (exact) mass is 355 g/mol. The Balaban J connectivity index is 1.92. The fourth-order valence-electron chi connectivity index (χ4n) is 2.09. The first-order valence-corrected chi connectivity index (χ1v) is 7.32. The van der Waals surface area contributed by atoms with Gasteiger partial charge in [-0.1, -0.05) is 18.2 Å². The summed E-state index contributed by atoms with van der Waals surface area (Å²) in [7, 11) is 0. The molecule has 3 amide bonds. The Kier molecular flexibility index (Phi) is 5.68. The molecule has 2 aromatic rings. The molecule has 0 aliphatic heterocycles. The summed E-state index contributed by atoms with van der Waals surface area (Å²) in [6.07, 6.45) is -4.21. The van der Waals surface area contributed by atoms with E-state index in [9.17, 15) is 22.8 Å². The van der Waals surface area contributed by atoms with E-state index in [0.29, 0.717) is 11.3 Å². The van der Waals surface area contributed by atoms with Gasteiger partial charge in [0.1, 0.15) is 5.76 Å². The number of carbonyl (C=O) groups excluding carboxylic acids is 2. The van der Waals surface area contributed by atoms with Crippen molar-refractivity contribution in [3.8, 4) is 0 Å². The van der Waals surface area contributed by atoms with Crippen molar-refractivity contribution in [3.05, 3.63) is 53.5 Å². The third kappa shape index (κ3) is 5.55. The van der Waals surface area contributed by atoms with Gasteiger partial charge in [-0.25, -0.2) is 10.2 Å². The molecule has 25 heavy (non-hydrogen) atoms. The van der Waals surface area contributed by atoms with Gasteiger partial charge in [0.15, 0.2) is 0 Å². The van der Waals surface area contributed by atoms with Crippen molar-refractivity contribution >= 4 is 17.6 Å². The van der Waals surface area contributed by atoms with Crippen LogP contribution in [0.5, 0.6) is 0 Å². The van der Waals surface area contributed by atoms with Crippen LogP contribution in [0.2, 0.25) is 0 Å². The van der Waals surface area contributed by atoms with E-state index in [1.165, 1.54) is 24.5 Å². The Morgan fingerprint density at radius 1 is 1.12 bits per heavy atom. The number of rotatable bonds is 4. The third-order valence-electron chi connectivity index (χ3n) is 3.34. The highest BCUT2D eigenvalue weighted by molar-refractivity contribution is 5.97. The third-order valence-corrected chi connectivity index (χ3v) is 3.34. The average Bonchev–Trinajstić information content (AvgIpc) is 2.97. The first kappa shape index (κ1) is 18.4. The van der Waals surface area contributed by atoms with E-state index in [-0.39, 0.29) is 17.7 Å².